The third-order valence-corrected chi connectivity index (χ3v) is 5.91. The van der Waals surface area contributed by atoms with Crippen molar-refractivity contribution >= 4 is 11.7 Å². The van der Waals surface area contributed by atoms with E-state index in [0.29, 0.717) is 6.04 Å². The van der Waals surface area contributed by atoms with Crippen LogP contribution in [0.5, 0.6) is 0 Å². The molecule has 0 radical (unpaired) electrons. The largest absolute Gasteiger partial charge is 0.354 e. The molecule has 2 aromatic rings. The molecule has 0 unspecified atom stereocenters. The van der Waals surface area contributed by atoms with Gasteiger partial charge in [0.25, 0.3) is 5.91 Å². The summed E-state index contributed by atoms with van der Waals surface area (Å²) in [4.78, 5) is 32.3. The first-order valence-electron chi connectivity index (χ1n) is 10.2. The molecule has 1 amide bonds. The number of carbonyl (C=O) groups is 1. The summed E-state index contributed by atoms with van der Waals surface area (Å²) < 4.78 is 0. The zero-order valence-electron chi connectivity index (χ0n) is 16.5. The van der Waals surface area contributed by atoms with Crippen LogP contribution in [0.25, 0.3) is 0 Å². The van der Waals surface area contributed by atoms with Crippen LogP contribution >= 0.6 is 0 Å². The summed E-state index contributed by atoms with van der Waals surface area (Å²) in [7, 11) is 0. The van der Waals surface area contributed by atoms with E-state index in [0.717, 1.165) is 75.6 Å². The van der Waals surface area contributed by atoms with Gasteiger partial charge in [-0.15, -0.1) is 0 Å². The highest BCUT2D eigenvalue weighted by atomic mass is 16.2. The maximum atomic E-state index is 12.6. The molecule has 0 N–H and O–H groups in total. The van der Waals surface area contributed by atoms with Gasteiger partial charge in [0, 0.05) is 75.0 Å². The fourth-order valence-corrected chi connectivity index (χ4v) is 4.18. The molecule has 0 bridgehead atoms. The third kappa shape index (κ3) is 4.14. The molecule has 0 aliphatic carbocycles. The molecular weight excluding hydrogens is 352 g/mol. The van der Waals surface area contributed by atoms with Gasteiger partial charge < -0.3 is 9.80 Å². The third-order valence-electron chi connectivity index (χ3n) is 5.91. The Morgan fingerprint density at radius 2 is 1.75 bits per heavy atom. The molecule has 0 spiro atoms. The molecular formula is C21H28N6O. The van der Waals surface area contributed by atoms with E-state index in [4.69, 9.17) is 0 Å². The van der Waals surface area contributed by atoms with Crippen LogP contribution in [0.3, 0.4) is 0 Å². The molecule has 7 heteroatoms. The second-order valence-electron chi connectivity index (χ2n) is 7.50. The van der Waals surface area contributed by atoms with Crippen molar-refractivity contribution in [1.29, 1.82) is 0 Å². The number of likely N-dealkylation sites (tertiary alicyclic amines) is 1. The lowest BCUT2D eigenvalue weighted by molar-refractivity contribution is 0.0610. The highest BCUT2D eigenvalue weighted by Gasteiger charge is 2.29. The van der Waals surface area contributed by atoms with E-state index < -0.39 is 0 Å². The number of hydrogen-bond donors (Lipinski definition) is 0. The Kier molecular flexibility index (Phi) is 5.81. The van der Waals surface area contributed by atoms with Crippen LogP contribution < -0.4 is 4.90 Å². The summed E-state index contributed by atoms with van der Waals surface area (Å²) in [6, 6.07) is 6.27. The van der Waals surface area contributed by atoms with E-state index in [9.17, 15) is 4.79 Å². The lowest BCUT2D eigenvalue weighted by Crippen LogP contribution is -2.54. The van der Waals surface area contributed by atoms with E-state index in [-0.39, 0.29) is 5.91 Å². The molecule has 2 fully saturated rings. The summed E-state index contributed by atoms with van der Waals surface area (Å²) in [5.74, 6) is 1.17. The number of amides is 1. The fourth-order valence-electron chi connectivity index (χ4n) is 4.18. The topological polar surface area (TPSA) is 65.5 Å². The number of nitrogens with zero attached hydrogens (tertiary/aromatic N) is 6. The van der Waals surface area contributed by atoms with Crippen molar-refractivity contribution in [3.8, 4) is 0 Å². The van der Waals surface area contributed by atoms with Crippen LogP contribution in [0.2, 0.25) is 0 Å². The second kappa shape index (κ2) is 8.65. The van der Waals surface area contributed by atoms with Crippen LogP contribution in [0, 0.1) is 0 Å². The monoisotopic (exact) mass is 380 g/mol. The van der Waals surface area contributed by atoms with Crippen molar-refractivity contribution in [2.75, 3.05) is 44.2 Å². The van der Waals surface area contributed by atoms with E-state index in [1.165, 1.54) is 0 Å². The zero-order valence-corrected chi connectivity index (χ0v) is 16.5. The van der Waals surface area contributed by atoms with Crippen LogP contribution in [0.15, 0.2) is 36.9 Å². The summed E-state index contributed by atoms with van der Waals surface area (Å²) in [6.07, 6.45) is 8.07. The molecule has 2 aromatic heterocycles. The maximum absolute atomic E-state index is 12.6. The Hall–Kier alpha value is -2.54. The number of anilines is 1. The Labute approximate surface area is 166 Å². The number of piperazine rings is 1. The molecule has 4 heterocycles. The van der Waals surface area contributed by atoms with Gasteiger partial charge in [-0.1, -0.05) is 6.92 Å². The van der Waals surface area contributed by atoms with Crippen molar-refractivity contribution in [1.82, 2.24) is 24.8 Å². The molecule has 0 aromatic carbocycles. The Morgan fingerprint density at radius 3 is 2.43 bits per heavy atom. The number of hydrogen-bond acceptors (Lipinski definition) is 6. The van der Waals surface area contributed by atoms with Crippen molar-refractivity contribution in [3.63, 3.8) is 0 Å². The molecule has 28 heavy (non-hydrogen) atoms. The predicted octanol–water partition coefficient (Wildman–Crippen LogP) is 1.86. The zero-order chi connectivity index (χ0) is 19.3. The first-order valence-corrected chi connectivity index (χ1v) is 10.2. The lowest BCUT2D eigenvalue weighted by Gasteiger charge is -2.43. The first-order chi connectivity index (χ1) is 13.7. The predicted molar refractivity (Wildman–Crippen MR) is 108 cm³/mol. The molecule has 7 nitrogen and oxygen atoms in total. The van der Waals surface area contributed by atoms with Gasteiger partial charge in [0.05, 0.1) is 0 Å². The molecule has 4 rings (SSSR count). The van der Waals surface area contributed by atoms with Crippen LogP contribution in [0.1, 0.15) is 35.8 Å². The smallest absolute Gasteiger partial charge is 0.253 e. The molecule has 0 atom stereocenters. The number of aryl methyl sites for hydroxylation is 1. The Balaban J connectivity index is 1.28. The highest BCUT2D eigenvalue weighted by Crippen LogP contribution is 2.21. The Morgan fingerprint density at radius 1 is 1.04 bits per heavy atom. The van der Waals surface area contributed by atoms with Crippen LogP contribution in [-0.2, 0) is 6.42 Å². The van der Waals surface area contributed by atoms with Crippen LogP contribution in [0.4, 0.5) is 5.82 Å². The number of aromatic nitrogens is 3. The molecule has 148 valence electrons. The van der Waals surface area contributed by atoms with E-state index in [2.05, 4.69) is 37.7 Å². The number of piperidine rings is 1. The van der Waals surface area contributed by atoms with Crippen LogP contribution in [-0.4, -0.2) is 76.0 Å². The van der Waals surface area contributed by atoms with Gasteiger partial charge in [0.1, 0.15) is 12.1 Å². The average molecular weight is 380 g/mol. The second-order valence-corrected chi connectivity index (χ2v) is 7.50. The van der Waals surface area contributed by atoms with Gasteiger partial charge in [-0.25, -0.2) is 9.97 Å². The molecule has 2 aliphatic heterocycles. The van der Waals surface area contributed by atoms with Crippen molar-refractivity contribution < 1.29 is 4.79 Å². The van der Waals surface area contributed by atoms with E-state index >= 15 is 0 Å². The van der Waals surface area contributed by atoms with Gasteiger partial charge in [0.15, 0.2) is 0 Å². The van der Waals surface area contributed by atoms with Gasteiger partial charge >= 0.3 is 0 Å². The summed E-state index contributed by atoms with van der Waals surface area (Å²) in [6.45, 7) is 7.88. The minimum atomic E-state index is 0.126. The van der Waals surface area contributed by atoms with E-state index in [1.807, 2.05) is 4.90 Å². The van der Waals surface area contributed by atoms with Gasteiger partial charge in [0.2, 0.25) is 0 Å². The Bertz CT molecular complexity index is 782. The molecule has 2 saturated heterocycles. The van der Waals surface area contributed by atoms with Gasteiger partial charge in [-0.2, -0.15) is 0 Å². The average Bonchev–Trinajstić information content (AvgIpc) is 2.79. The van der Waals surface area contributed by atoms with Crippen molar-refractivity contribution in [2.45, 2.75) is 32.2 Å². The highest BCUT2D eigenvalue weighted by molar-refractivity contribution is 5.94. The van der Waals surface area contributed by atoms with Crippen molar-refractivity contribution in [2.24, 2.45) is 0 Å². The molecule has 2 aliphatic rings. The minimum absolute atomic E-state index is 0.126. The fraction of sp³-hybridized carbons (Fsp3) is 0.524. The summed E-state index contributed by atoms with van der Waals surface area (Å²) in [5.41, 5.74) is 1.83. The van der Waals surface area contributed by atoms with Gasteiger partial charge in [-0.05, 0) is 31.4 Å². The number of rotatable bonds is 4. The summed E-state index contributed by atoms with van der Waals surface area (Å²) >= 11 is 0. The van der Waals surface area contributed by atoms with Crippen molar-refractivity contribution in [3.05, 3.63) is 48.2 Å². The van der Waals surface area contributed by atoms with E-state index in [1.54, 1.807) is 30.9 Å². The normalized spacial score (nSPS) is 19.0. The number of carbonyl (C=O) groups excluding carboxylic acids is 1. The maximum Gasteiger partial charge on any atom is 0.253 e. The standard InChI is InChI=1S/C21H28N6O/c1-2-18-15-20(24-16-23-18)26-13-11-25(12-14-26)19-5-9-27(10-6-19)21(28)17-3-7-22-8-4-17/h3-4,7-8,15-16,19H,2,5-6,9-14H2,1H3. The molecule has 0 saturated carbocycles. The van der Waals surface area contributed by atoms with Gasteiger partial charge in [-0.3, -0.25) is 14.7 Å². The first kappa shape index (κ1) is 18.8. The SMILES string of the molecule is CCc1cc(N2CCN(C3CCN(C(=O)c4ccncc4)CC3)CC2)ncn1. The lowest BCUT2D eigenvalue weighted by atomic mass is 10.0. The number of pyridine rings is 1. The minimum Gasteiger partial charge on any atom is -0.354 e. The quantitative estimate of drug-likeness (QED) is 0.807. The summed E-state index contributed by atoms with van der Waals surface area (Å²) in [5, 5.41) is 0.